The monoisotopic (exact) mass is 222 g/mol. The Morgan fingerprint density at radius 3 is 2.75 bits per heavy atom. The highest BCUT2D eigenvalue weighted by Crippen LogP contribution is 2.47. The van der Waals surface area contributed by atoms with E-state index >= 15 is 0 Å². The van der Waals surface area contributed by atoms with Crippen molar-refractivity contribution in [2.45, 2.75) is 51.0 Å². The molecule has 92 valence electrons. The van der Waals surface area contributed by atoms with Gasteiger partial charge in [0.1, 0.15) is 0 Å². The molecule has 2 aliphatic carbocycles. The number of hydrogen-bond acceptors (Lipinski definition) is 2. The first-order valence-electron chi connectivity index (χ1n) is 7.31. The molecule has 2 N–H and O–H groups in total. The topological polar surface area (TPSA) is 29.3 Å². The minimum absolute atomic E-state index is 0.884. The summed E-state index contributed by atoms with van der Waals surface area (Å²) in [7, 11) is 0. The lowest BCUT2D eigenvalue weighted by Gasteiger charge is -2.40. The second-order valence-corrected chi connectivity index (χ2v) is 6.32. The molecule has 0 aromatic carbocycles. The molecule has 0 radical (unpaired) electrons. The van der Waals surface area contributed by atoms with Crippen LogP contribution in [0.2, 0.25) is 0 Å². The van der Waals surface area contributed by atoms with Crippen LogP contribution in [0.4, 0.5) is 0 Å². The summed E-state index contributed by atoms with van der Waals surface area (Å²) in [4.78, 5) is 2.83. The van der Waals surface area contributed by atoms with Crippen molar-refractivity contribution >= 4 is 0 Å². The Balaban J connectivity index is 1.58. The van der Waals surface area contributed by atoms with Crippen molar-refractivity contribution in [1.29, 1.82) is 0 Å². The zero-order chi connectivity index (χ0) is 11.0. The van der Waals surface area contributed by atoms with E-state index in [2.05, 4.69) is 4.90 Å². The molecule has 2 heteroatoms. The molecule has 16 heavy (non-hydrogen) atoms. The van der Waals surface area contributed by atoms with E-state index in [4.69, 9.17) is 5.73 Å². The van der Waals surface area contributed by atoms with E-state index in [1.165, 1.54) is 51.6 Å². The fourth-order valence-electron chi connectivity index (χ4n) is 4.53. The van der Waals surface area contributed by atoms with Gasteiger partial charge in [-0.2, -0.15) is 0 Å². The Kier molecular flexibility index (Phi) is 3.21. The Hall–Kier alpha value is -0.0800. The molecule has 3 rings (SSSR count). The summed E-state index contributed by atoms with van der Waals surface area (Å²) in [5, 5.41) is 0. The van der Waals surface area contributed by atoms with Crippen molar-refractivity contribution in [1.82, 2.24) is 4.90 Å². The molecule has 0 spiro atoms. The Bertz CT molecular complexity index is 239. The predicted octanol–water partition coefficient (Wildman–Crippen LogP) is 2.24. The van der Waals surface area contributed by atoms with Gasteiger partial charge in [0, 0.05) is 12.6 Å². The average Bonchev–Trinajstić information content (AvgIpc) is 2.91. The van der Waals surface area contributed by atoms with Crippen LogP contribution in [0.15, 0.2) is 0 Å². The normalized spacial score (nSPS) is 44.1. The Morgan fingerprint density at radius 2 is 2.06 bits per heavy atom. The summed E-state index contributed by atoms with van der Waals surface area (Å²) < 4.78 is 0. The quantitative estimate of drug-likeness (QED) is 0.793. The van der Waals surface area contributed by atoms with Gasteiger partial charge in [0.05, 0.1) is 0 Å². The second-order valence-electron chi connectivity index (χ2n) is 6.32. The molecule has 4 unspecified atom stereocenters. The van der Waals surface area contributed by atoms with E-state index in [9.17, 15) is 0 Å². The van der Waals surface area contributed by atoms with Crippen molar-refractivity contribution in [3.05, 3.63) is 0 Å². The van der Waals surface area contributed by atoms with Crippen molar-refractivity contribution in [2.24, 2.45) is 23.5 Å². The summed E-state index contributed by atoms with van der Waals surface area (Å²) in [6, 6.07) is 0.958. The maximum Gasteiger partial charge on any atom is 0.0126 e. The van der Waals surface area contributed by atoms with Gasteiger partial charge in [-0.05, 0) is 69.4 Å². The van der Waals surface area contributed by atoms with E-state index in [1.54, 1.807) is 6.42 Å². The lowest BCUT2D eigenvalue weighted by Crippen LogP contribution is -2.45. The lowest BCUT2D eigenvalue weighted by atomic mass is 9.89. The Labute approximate surface area is 99.6 Å². The largest absolute Gasteiger partial charge is 0.330 e. The van der Waals surface area contributed by atoms with Gasteiger partial charge in [-0.3, -0.25) is 4.90 Å². The van der Waals surface area contributed by atoms with E-state index in [0.717, 1.165) is 30.3 Å². The third-order valence-electron chi connectivity index (χ3n) is 5.30. The van der Waals surface area contributed by atoms with Gasteiger partial charge in [0.25, 0.3) is 0 Å². The molecule has 0 amide bonds. The van der Waals surface area contributed by atoms with Gasteiger partial charge in [0.15, 0.2) is 0 Å². The zero-order valence-electron chi connectivity index (χ0n) is 10.4. The fraction of sp³-hybridized carbons (Fsp3) is 1.00. The van der Waals surface area contributed by atoms with Crippen molar-refractivity contribution in [3.63, 3.8) is 0 Å². The predicted molar refractivity (Wildman–Crippen MR) is 67.2 cm³/mol. The maximum absolute atomic E-state index is 5.70. The summed E-state index contributed by atoms with van der Waals surface area (Å²) in [6.45, 7) is 3.61. The highest BCUT2D eigenvalue weighted by molar-refractivity contribution is 4.96. The number of likely N-dealkylation sites (tertiary alicyclic amines) is 1. The minimum Gasteiger partial charge on any atom is -0.330 e. The van der Waals surface area contributed by atoms with Gasteiger partial charge in [-0.15, -0.1) is 0 Å². The van der Waals surface area contributed by atoms with E-state index in [-0.39, 0.29) is 0 Å². The molecule has 1 saturated heterocycles. The summed E-state index contributed by atoms with van der Waals surface area (Å²) in [5.41, 5.74) is 5.70. The SMILES string of the molecule is NCCC1CCCN(C2CC3CCC2C3)C1. The molecule has 0 aromatic rings. The number of nitrogens with zero attached hydrogens (tertiary/aromatic N) is 1. The van der Waals surface area contributed by atoms with Crippen LogP contribution in [-0.4, -0.2) is 30.6 Å². The molecule has 2 bridgehead atoms. The smallest absolute Gasteiger partial charge is 0.0126 e. The van der Waals surface area contributed by atoms with E-state index < -0.39 is 0 Å². The number of nitrogens with two attached hydrogens (primary N) is 1. The number of hydrogen-bond donors (Lipinski definition) is 1. The summed E-state index contributed by atoms with van der Waals surface area (Å²) in [5.74, 6) is 3.05. The Morgan fingerprint density at radius 1 is 1.12 bits per heavy atom. The summed E-state index contributed by atoms with van der Waals surface area (Å²) >= 11 is 0. The zero-order valence-corrected chi connectivity index (χ0v) is 10.4. The van der Waals surface area contributed by atoms with Crippen LogP contribution in [0.5, 0.6) is 0 Å². The standard InChI is InChI=1S/C14H26N2/c15-6-5-11-2-1-7-16(10-11)14-9-12-3-4-13(14)8-12/h11-14H,1-10,15H2. The van der Waals surface area contributed by atoms with Gasteiger partial charge in [0.2, 0.25) is 0 Å². The molecule has 3 aliphatic rings. The molecule has 2 nitrogen and oxygen atoms in total. The van der Waals surface area contributed by atoms with Crippen LogP contribution in [0.1, 0.15) is 44.9 Å². The van der Waals surface area contributed by atoms with Gasteiger partial charge >= 0.3 is 0 Å². The maximum atomic E-state index is 5.70. The van der Waals surface area contributed by atoms with Crippen molar-refractivity contribution < 1.29 is 0 Å². The molecular weight excluding hydrogens is 196 g/mol. The fourth-order valence-corrected chi connectivity index (χ4v) is 4.53. The van der Waals surface area contributed by atoms with Gasteiger partial charge < -0.3 is 5.73 Å². The third kappa shape index (κ3) is 2.02. The number of piperidine rings is 1. The first-order chi connectivity index (χ1) is 7.86. The second kappa shape index (κ2) is 4.66. The first kappa shape index (κ1) is 11.0. The summed E-state index contributed by atoms with van der Waals surface area (Å²) in [6.07, 6.45) is 10.2. The molecule has 3 fully saturated rings. The van der Waals surface area contributed by atoms with Crippen molar-refractivity contribution in [3.8, 4) is 0 Å². The van der Waals surface area contributed by atoms with Gasteiger partial charge in [-0.25, -0.2) is 0 Å². The van der Waals surface area contributed by atoms with Gasteiger partial charge in [-0.1, -0.05) is 6.42 Å². The van der Waals surface area contributed by atoms with Crippen molar-refractivity contribution in [2.75, 3.05) is 19.6 Å². The van der Waals surface area contributed by atoms with Crippen LogP contribution < -0.4 is 5.73 Å². The number of fused-ring (bicyclic) bond motifs is 2. The molecule has 1 heterocycles. The highest BCUT2D eigenvalue weighted by Gasteiger charge is 2.42. The lowest BCUT2D eigenvalue weighted by molar-refractivity contribution is 0.0866. The van der Waals surface area contributed by atoms with Crippen LogP contribution in [0, 0.1) is 17.8 Å². The molecule has 4 atom stereocenters. The minimum atomic E-state index is 0.884. The first-order valence-corrected chi connectivity index (χ1v) is 7.31. The molecular formula is C14H26N2. The van der Waals surface area contributed by atoms with E-state index in [1.807, 2.05) is 0 Å². The van der Waals surface area contributed by atoms with Crippen LogP contribution in [0.25, 0.3) is 0 Å². The van der Waals surface area contributed by atoms with Crippen LogP contribution in [-0.2, 0) is 0 Å². The van der Waals surface area contributed by atoms with Crippen LogP contribution in [0.3, 0.4) is 0 Å². The third-order valence-corrected chi connectivity index (χ3v) is 5.30. The van der Waals surface area contributed by atoms with E-state index in [0.29, 0.717) is 0 Å². The number of rotatable bonds is 3. The molecule has 2 saturated carbocycles. The molecule has 0 aromatic heterocycles. The van der Waals surface area contributed by atoms with Crippen LogP contribution >= 0.6 is 0 Å². The molecule has 1 aliphatic heterocycles. The highest BCUT2D eigenvalue weighted by atomic mass is 15.2. The average molecular weight is 222 g/mol.